The van der Waals surface area contributed by atoms with E-state index in [4.69, 9.17) is 4.52 Å². The van der Waals surface area contributed by atoms with Crippen LogP contribution in [0.15, 0.2) is 21.1 Å². The molecule has 0 saturated carbocycles. The van der Waals surface area contributed by atoms with Gasteiger partial charge in [-0.05, 0) is 22.9 Å². The van der Waals surface area contributed by atoms with Gasteiger partial charge in [0.2, 0.25) is 0 Å². The number of aromatic nitrogens is 1. The molecule has 5 nitrogen and oxygen atoms in total. The fourth-order valence-electron chi connectivity index (χ4n) is 1.21. The molecule has 0 saturated heterocycles. The van der Waals surface area contributed by atoms with Gasteiger partial charge in [0.1, 0.15) is 0 Å². The van der Waals surface area contributed by atoms with Gasteiger partial charge >= 0.3 is 0 Å². The summed E-state index contributed by atoms with van der Waals surface area (Å²) in [6.07, 6.45) is 0. The van der Waals surface area contributed by atoms with Crippen molar-refractivity contribution < 1.29 is 9.45 Å². The van der Waals surface area contributed by atoms with Crippen LogP contribution in [0.25, 0.3) is 11.0 Å². The Labute approximate surface area is 87.0 Å². The van der Waals surface area contributed by atoms with E-state index in [0.29, 0.717) is 21.1 Å². The lowest BCUT2D eigenvalue weighted by Gasteiger charge is -1.94. The molecule has 2 aromatic rings. The maximum absolute atomic E-state index is 10.6. The lowest BCUT2D eigenvalue weighted by molar-refractivity contribution is -0.385. The summed E-state index contributed by atoms with van der Waals surface area (Å²) in [7, 11) is 0. The van der Waals surface area contributed by atoms with Gasteiger partial charge in [0.25, 0.3) is 5.69 Å². The highest BCUT2D eigenvalue weighted by atomic mass is 79.9. The van der Waals surface area contributed by atoms with E-state index >= 15 is 0 Å². The summed E-state index contributed by atoms with van der Waals surface area (Å²) in [6.45, 7) is 1.74. The molecule has 6 heteroatoms. The second-order valence-corrected chi connectivity index (χ2v) is 3.68. The van der Waals surface area contributed by atoms with E-state index in [2.05, 4.69) is 21.1 Å². The van der Waals surface area contributed by atoms with Crippen molar-refractivity contribution in [1.82, 2.24) is 5.16 Å². The van der Waals surface area contributed by atoms with Gasteiger partial charge in [-0.15, -0.1) is 0 Å². The molecular weight excluding hydrogens is 252 g/mol. The molecule has 0 bridgehead atoms. The van der Waals surface area contributed by atoms with Crippen molar-refractivity contribution in [3.63, 3.8) is 0 Å². The zero-order valence-electron chi connectivity index (χ0n) is 7.15. The molecule has 0 spiro atoms. The summed E-state index contributed by atoms with van der Waals surface area (Å²) in [5.74, 6) is 0. The number of nitro groups is 1. The third-order valence-electron chi connectivity index (χ3n) is 1.92. The average Bonchev–Trinajstić information content (AvgIpc) is 2.46. The number of fused-ring (bicyclic) bond motifs is 1. The Morgan fingerprint density at radius 2 is 2.29 bits per heavy atom. The molecule has 0 amide bonds. The number of hydrogen-bond donors (Lipinski definition) is 0. The van der Waals surface area contributed by atoms with E-state index < -0.39 is 4.92 Å². The fourth-order valence-corrected chi connectivity index (χ4v) is 1.68. The van der Waals surface area contributed by atoms with Crippen LogP contribution in [0.2, 0.25) is 0 Å². The van der Waals surface area contributed by atoms with Crippen molar-refractivity contribution in [3.05, 3.63) is 32.4 Å². The summed E-state index contributed by atoms with van der Waals surface area (Å²) in [5, 5.41) is 15.0. The number of aryl methyl sites for hydroxylation is 1. The second-order valence-electron chi connectivity index (χ2n) is 2.82. The van der Waals surface area contributed by atoms with Crippen LogP contribution >= 0.6 is 15.9 Å². The molecule has 0 radical (unpaired) electrons. The standard InChI is InChI=1S/C8H5BrN2O3/c1-4-5-2-7(11(12)13)6(9)3-8(5)14-10-4/h2-3H,1H3. The first-order chi connectivity index (χ1) is 6.59. The van der Waals surface area contributed by atoms with Crippen molar-refractivity contribution in [3.8, 4) is 0 Å². The summed E-state index contributed by atoms with van der Waals surface area (Å²) in [6, 6.07) is 3.00. The first-order valence-electron chi connectivity index (χ1n) is 3.79. The number of hydrogen-bond acceptors (Lipinski definition) is 4. The topological polar surface area (TPSA) is 69.2 Å². The van der Waals surface area contributed by atoms with Crippen LogP contribution < -0.4 is 0 Å². The Bertz CT molecular complexity index is 521. The Morgan fingerprint density at radius 3 is 2.93 bits per heavy atom. The normalized spacial score (nSPS) is 10.7. The Hall–Kier alpha value is -1.43. The van der Waals surface area contributed by atoms with Gasteiger partial charge in [0, 0.05) is 12.1 Å². The van der Waals surface area contributed by atoms with Gasteiger partial charge in [-0.25, -0.2) is 0 Å². The fraction of sp³-hybridized carbons (Fsp3) is 0.125. The summed E-state index contributed by atoms with van der Waals surface area (Å²) in [4.78, 5) is 10.2. The van der Waals surface area contributed by atoms with Crippen molar-refractivity contribution in [2.75, 3.05) is 0 Å². The molecule has 2 rings (SSSR count). The van der Waals surface area contributed by atoms with Crippen LogP contribution in [-0.4, -0.2) is 10.1 Å². The van der Waals surface area contributed by atoms with Crippen molar-refractivity contribution in [2.45, 2.75) is 6.92 Å². The molecule has 14 heavy (non-hydrogen) atoms. The maximum Gasteiger partial charge on any atom is 0.284 e. The van der Waals surface area contributed by atoms with Crippen molar-refractivity contribution in [1.29, 1.82) is 0 Å². The van der Waals surface area contributed by atoms with Crippen LogP contribution in [0.1, 0.15) is 5.69 Å². The molecule has 0 N–H and O–H groups in total. The molecular formula is C8H5BrN2O3. The van der Waals surface area contributed by atoms with E-state index in [-0.39, 0.29) is 5.69 Å². The van der Waals surface area contributed by atoms with Gasteiger partial charge in [-0.1, -0.05) is 5.16 Å². The van der Waals surface area contributed by atoms with Crippen LogP contribution in [0.3, 0.4) is 0 Å². The Balaban J connectivity index is 2.80. The van der Waals surface area contributed by atoms with Crippen LogP contribution in [0.5, 0.6) is 0 Å². The average molecular weight is 257 g/mol. The third kappa shape index (κ3) is 1.27. The Morgan fingerprint density at radius 1 is 1.57 bits per heavy atom. The molecule has 0 aliphatic carbocycles. The summed E-state index contributed by atoms with van der Waals surface area (Å²) >= 11 is 3.10. The van der Waals surface area contributed by atoms with E-state index in [1.807, 2.05) is 0 Å². The lowest BCUT2D eigenvalue weighted by Crippen LogP contribution is -1.88. The first kappa shape index (κ1) is 9.14. The highest BCUT2D eigenvalue weighted by Crippen LogP contribution is 2.31. The zero-order chi connectivity index (χ0) is 10.3. The zero-order valence-corrected chi connectivity index (χ0v) is 8.74. The van der Waals surface area contributed by atoms with E-state index in [9.17, 15) is 10.1 Å². The summed E-state index contributed by atoms with van der Waals surface area (Å²) in [5.41, 5.74) is 1.21. The molecule has 0 fully saturated rings. The van der Waals surface area contributed by atoms with Crippen LogP contribution in [0, 0.1) is 17.0 Å². The molecule has 1 aromatic carbocycles. The monoisotopic (exact) mass is 256 g/mol. The summed E-state index contributed by atoms with van der Waals surface area (Å²) < 4.78 is 5.36. The maximum atomic E-state index is 10.6. The third-order valence-corrected chi connectivity index (χ3v) is 2.55. The molecule has 1 heterocycles. The Kier molecular flexibility index (Phi) is 1.99. The second kappa shape index (κ2) is 3.06. The molecule has 0 atom stereocenters. The predicted octanol–water partition coefficient (Wildman–Crippen LogP) is 2.81. The SMILES string of the molecule is Cc1noc2cc(Br)c([N+](=O)[O-])cc12. The van der Waals surface area contributed by atoms with Gasteiger partial charge in [0.15, 0.2) is 5.58 Å². The smallest absolute Gasteiger partial charge is 0.284 e. The highest BCUT2D eigenvalue weighted by Gasteiger charge is 2.16. The number of benzene rings is 1. The minimum absolute atomic E-state index is 0.0174. The lowest BCUT2D eigenvalue weighted by atomic mass is 10.2. The van der Waals surface area contributed by atoms with Gasteiger partial charge < -0.3 is 4.52 Å². The first-order valence-corrected chi connectivity index (χ1v) is 4.59. The van der Waals surface area contributed by atoms with E-state index in [0.717, 1.165) is 0 Å². The number of nitro benzene ring substituents is 1. The molecule has 0 aliphatic heterocycles. The van der Waals surface area contributed by atoms with E-state index in [1.165, 1.54) is 6.07 Å². The largest absolute Gasteiger partial charge is 0.356 e. The van der Waals surface area contributed by atoms with Crippen LogP contribution in [0.4, 0.5) is 5.69 Å². The quantitative estimate of drug-likeness (QED) is 0.581. The minimum Gasteiger partial charge on any atom is -0.356 e. The van der Waals surface area contributed by atoms with Gasteiger partial charge in [0.05, 0.1) is 20.5 Å². The molecule has 0 aliphatic rings. The predicted molar refractivity (Wildman–Crippen MR) is 53.1 cm³/mol. The van der Waals surface area contributed by atoms with Crippen LogP contribution in [-0.2, 0) is 0 Å². The van der Waals surface area contributed by atoms with Gasteiger partial charge in [-0.3, -0.25) is 10.1 Å². The van der Waals surface area contributed by atoms with Gasteiger partial charge in [-0.2, -0.15) is 0 Å². The molecule has 0 unspecified atom stereocenters. The number of nitrogens with zero attached hydrogens (tertiary/aromatic N) is 2. The highest BCUT2D eigenvalue weighted by molar-refractivity contribution is 9.10. The van der Waals surface area contributed by atoms with E-state index in [1.54, 1.807) is 13.0 Å². The molecule has 72 valence electrons. The van der Waals surface area contributed by atoms with Crippen molar-refractivity contribution in [2.24, 2.45) is 0 Å². The molecule has 1 aromatic heterocycles. The minimum atomic E-state index is -0.448. The number of halogens is 1. The number of rotatable bonds is 1. The van der Waals surface area contributed by atoms with Crippen molar-refractivity contribution >= 4 is 32.6 Å².